The van der Waals surface area contributed by atoms with Crippen molar-refractivity contribution < 1.29 is 22.7 Å². The van der Waals surface area contributed by atoms with Crippen LogP contribution in [0.2, 0.25) is 0 Å². The molecule has 0 saturated heterocycles. The number of esters is 1. The third-order valence-electron chi connectivity index (χ3n) is 3.78. The SMILES string of the molecule is COC(=O)c1cccc(OCCN(c2nccs2)S(=O)(=O)c2ccccc2)c1. The van der Waals surface area contributed by atoms with Gasteiger partial charge >= 0.3 is 5.97 Å². The highest BCUT2D eigenvalue weighted by Gasteiger charge is 2.26. The molecule has 28 heavy (non-hydrogen) atoms. The number of hydrogen-bond acceptors (Lipinski definition) is 7. The molecule has 1 aromatic heterocycles. The summed E-state index contributed by atoms with van der Waals surface area (Å²) in [5.74, 6) is -0.0272. The molecular weight excluding hydrogens is 400 g/mol. The molecule has 146 valence electrons. The molecule has 2 aromatic carbocycles. The van der Waals surface area contributed by atoms with Crippen molar-refractivity contribution in [1.29, 1.82) is 0 Å². The fourth-order valence-corrected chi connectivity index (χ4v) is 4.78. The van der Waals surface area contributed by atoms with E-state index in [-0.39, 0.29) is 18.0 Å². The van der Waals surface area contributed by atoms with E-state index in [9.17, 15) is 13.2 Å². The number of hydrogen-bond donors (Lipinski definition) is 0. The number of ether oxygens (including phenoxy) is 2. The maximum absolute atomic E-state index is 13.0. The second-order valence-corrected chi connectivity index (χ2v) is 8.31. The first-order valence-electron chi connectivity index (χ1n) is 8.31. The lowest BCUT2D eigenvalue weighted by molar-refractivity contribution is 0.0600. The van der Waals surface area contributed by atoms with Gasteiger partial charge in [0.05, 0.1) is 24.1 Å². The standard InChI is InChI=1S/C19H18N2O5S2/c1-25-18(22)15-6-5-7-16(14-15)26-12-11-21(19-20-10-13-27-19)28(23,24)17-8-3-2-4-9-17/h2-10,13-14H,11-12H2,1H3. The minimum Gasteiger partial charge on any atom is -0.492 e. The third kappa shape index (κ3) is 4.49. The van der Waals surface area contributed by atoms with E-state index in [0.29, 0.717) is 16.4 Å². The lowest BCUT2D eigenvalue weighted by Crippen LogP contribution is -2.34. The summed E-state index contributed by atoms with van der Waals surface area (Å²) in [6, 6.07) is 14.7. The first-order chi connectivity index (χ1) is 13.5. The van der Waals surface area contributed by atoms with Crippen LogP contribution in [0.1, 0.15) is 10.4 Å². The number of sulfonamides is 1. The number of methoxy groups -OCH3 is 1. The molecule has 3 rings (SSSR count). The number of aromatic nitrogens is 1. The van der Waals surface area contributed by atoms with Crippen LogP contribution in [0.25, 0.3) is 0 Å². The number of carbonyl (C=O) groups excluding carboxylic acids is 1. The van der Waals surface area contributed by atoms with E-state index in [4.69, 9.17) is 4.74 Å². The van der Waals surface area contributed by atoms with Gasteiger partial charge in [0.2, 0.25) is 0 Å². The number of carbonyl (C=O) groups is 1. The number of rotatable bonds is 8. The van der Waals surface area contributed by atoms with Crippen LogP contribution < -0.4 is 9.04 Å². The molecule has 3 aromatic rings. The molecule has 7 nitrogen and oxygen atoms in total. The molecule has 0 spiro atoms. The normalized spacial score (nSPS) is 11.0. The predicted molar refractivity (Wildman–Crippen MR) is 106 cm³/mol. The Morgan fingerprint density at radius 3 is 2.61 bits per heavy atom. The van der Waals surface area contributed by atoms with Crippen molar-refractivity contribution >= 4 is 32.5 Å². The van der Waals surface area contributed by atoms with Crippen molar-refractivity contribution in [2.75, 3.05) is 24.6 Å². The lowest BCUT2D eigenvalue weighted by atomic mass is 10.2. The summed E-state index contributed by atoms with van der Waals surface area (Å²) < 4.78 is 37.6. The molecule has 0 fully saturated rings. The van der Waals surface area contributed by atoms with Gasteiger partial charge in [0.25, 0.3) is 10.0 Å². The Morgan fingerprint density at radius 1 is 1.14 bits per heavy atom. The highest BCUT2D eigenvalue weighted by molar-refractivity contribution is 7.93. The van der Waals surface area contributed by atoms with Crippen LogP contribution in [0.4, 0.5) is 5.13 Å². The van der Waals surface area contributed by atoms with Gasteiger partial charge in [0.15, 0.2) is 5.13 Å². The quantitative estimate of drug-likeness (QED) is 0.522. The van der Waals surface area contributed by atoms with Crippen LogP contribution in [0.5, 0.6) is 5.75 Å². The van der Waals surface area contributed by atoms with Crippen molar-refractivity contribution in [1.82, 2.24) is 4.98 Å². The molecule has 0 amide bonds. The zero-order valence-corrected chi connectivity index (χ0v) is 16.7. The summed E-state index contributed by atoms with van der Waals surface area (Å²) in [6.07, 6.45) is 1.55. The van der Waals surface area contributed by atoms with Crippen molar-refractivity contribution in [2.24, 2.45) is 0 Å². The topological polar surface area (TPSA) is 85.8 Å². The van der Waals surface area contributed by atoms with Gasteiger partial charge in [-0.3, -0.25) is 0 Å². The van der Waals surface area contributed by atoms with Crippen LogP contribution in [0, 0.1) is 0 Å². The summed E-state index contributed by atoms with van der Waals surface area (Å²) >= 11 is 1.23. The molecule has 1 heterocycles. The van der Waals surface area contributed by atoms with Crippen molar-refractivity contribution in [3.63, 3.8) is 0 Å². The van der Waals surface area contributed by atoms with E-state index >= 15 is 0 Å². The average molecular weight is 418 g/mol. The van der Waals surface area contributed by atoms with Crippen LogP contribution in [-0.4, -0.2) is 39.6 Å². The zero-order valence-electron chi connectivity index (χ0n) is 15.0. The summed E-state index contributed by atoms with van der Waals surface area (Å²) in [6.45, 7) is 0.142. The van der Waals surface area contributed by atoms with E-state index in [1.807, 2.05) is 0 Å². The van der Waals surface area contributed by atoms with Gasteiger partial charge in [-0.15, -0.1) is 11.3 Å². The van der Waals surface area contributed by atoms with Gasteiger partial charge in [-0.25, -0.2) is 22.5 Å². The molecular formula is C19H18N2O5S2. The van der Waals surface area contributed by atoms with E-state index in [1.54, 1.807) is 54.0 Å². The van der Waals surface area contributed by atoms with Gasteiger partial charge < -0.3 is 9.47 Å². The summed E-state index contributed by atoms with van der Waals surface area (Å²) in [5.41, 5.74) is 0.355. The largest absolute Gasteiger partial charge is 0.492 e. The van der Waals surface area contributed by atoms with Gasteiger partial charge in [-0.05, 0) is 30.3 Å². The van der Waals surface area contributed by atoms with Crippen LogP contribution in [0.3, 0.4) is 0 Å². The summed E-state index contributed by atoms with van der Waals surface area (Å²) in [5, 5.41) is 2.07. The third-order valence-corrected chi connectivity index (χ3v) is 6.50. The Morgan fingerprint density at radius 2 is 1.93 bits per heavy atom. The Labute approximate surface area is 167 Å². The minimum absolute atomic E-state index is 0.0627. The Bertz CT molecular complexity index is 1020. The molecule has 0 aliphatic rings. The van der Waals surface area contributed by atoms with Crippen molar-refractivity contribution in [3.05, 3.63) is 71.7 Å². The Kier molecular flexibility index (Phi) is 6.27. The molecule has 0 bridgehead atoms. The molecule has 0 aliphatic heterocycles. The lowest BCUT2D eigenvalue weighted by Gasteiger charge is -2.22. The highest BCUT2D eigenvalue weighted by atomic mass is 32.2. The molecule has 0 aliphatic carbocycles. The van der Waals surface area contributed by atoms with Crippen LogP contribution in [0.15, 0.2) is 71.1 Å². The molecule has 0 radical (unpaired) electrons. The Hall–Kier alpha value is -2.91. The van der Waals surface area contributed by atoms with Crippen molar-refractivity contribution in [3.8, 4) is 5.75 Å². The van der Waals surface area contributed by atoms with E-state index < -0.39 is 16.0 Å². The highest BCUT2D eigenvalue weighted by Crippen LogP contribution is 2.25. The second kappa shape index (κ2) is 8.85. The van der Waals surface area contributed by atoms with E-state index in [0.717, 1.165) is 0 Å². The van der Waals surface area contributed by atoms with E-state index in [2.05, 4.69) is 9.72 Å². The Balaban J connectivity index is 1.76. The summed E-state index contributed by atoms with van der Waals surface area (Å²) in [7, 11) is -2.48. The van der Waals surface area contributed by atoms with Crippen molar-refractivity contribution in [2.45, 2.75) is 4.90 Å². The predicted octanol–water partition coefficient (Wildman–Crippen LogP) is 3.20. The number of anilines is 1. The van der Waals surface area contributed by atoms with Gasteiger partial charge in [-0.2, -0.15) is 0 Å². The first kappa shape index (κ1) is 19.8. The summed E-state index contributed by atoms with van der Waals surface area (Å²) in [4.78, 5) is 15.9. The zero-order chi connectivity index (χ0) is 20.0. The smallest absolute Gasteiger partial charge is 0.337 e. The first-order valence-corrected chi connectivity index (χ1v) is 10.6. The molecule has 0 atom stereocenters. The number of benzene rings is 2. The fraction of sp³-hybridized carbons (Fsp3) is 0.158. The maximum atomic E-state index is 13.0. The molecule has 0 unspecified atom stereocenters. The second-order valence-electron chi connectivity index (χ2n) is 5.57. The van der Waals surface area contributed by atoms with E-state index in [1.165, 1.54) is 34.9 Å². The fourth-order valence-electron chi connectivity index (χ4n) is 2.45. The van der Waals surface area contributed by atoms with Gasteiger partial charge in [0, 0.05) is 11.6 Å². The monoisotopic (exact) mass is 418 g/mol. The molecule has 9 heteroatoms. The number of nitrogens with zero attached hydrogens (tertiary/aromatic N) is 2. The minimum atomic E-state index is -3.78. The van der Waals surface area contributed by atoms with Gasteiger partial charge in [0.1, 0.15) is 12.4 Å². The van der Waals surface area contributed by atoms with Gasteiger partial charge in [-0.1, -0.05) is 24.3 Å². The molecule has 0 N–H and O–H groups in total. The maximum Gasteiger partial charge on any atom is 0.337 e. The average Bonchev–Trinajstić information content (AvgIpc) is 3.25. The van der Waals surface area contributed by atoms with Crippen LogP contribution >= 0.6 is 11.3 Å². The van der Waals surface area contributed by atoms with Crippen LogP contribution in [-0.2, 0) is 14.8 Å². The molecule has 0 saturated carbocycles. The number of thiazole rings is 1.